The number of nitrogens with zero attached hydrogens (tertiary/aromatic N) is 4. The molecule has 158 valence electrons. The van der Waals surface area contributed by atoms with E-state index in [4.69, 9.17) is 4.99 Å². The molecule has 0 saturated heterocycles. The average Bonchev–Trinajstić information content (AvgIpc) is 3.04. The first-order valence-corrected chi connectivity index (χ1v) is 12.2. The SMILES string of the molecule is CCS(=O)C1CCCC(NC(=NCc2nnc(C)n2C)NC2CCCCC2)C1. The summed E-state index contributed by atoms with van der Waals surface area (Å²) in [5.74, 6) is 3.40. The van der Waals surface area contributed by atoms with Crippen molar-refractivity contribution in [3.63, 3.8) is 0 Å². The molecule has 28 heavy (non-hydrogen) atoms. The molecule has 2 aliphatic carbocycles. The first-order valence-electron chi connectivity index (χ1n) is 10.9. The van der Waals surface area contributed by atoms with E-state index in [1.54, 1.807) is 0 Å². The predicted molar refractivity (Wildman–Crippen MR) is 115 cm³/mol. The van der Waals surface area contributed by atoms with Gasteiger partial charge in [0.2, 0.25) is 0 Å². The van der Waals surface area contributed by atoms with E-state index in [9.17, 15) is 4.21 Å². The maximum Gasteiger partial charge on any atom is 0.192 e. The lowest BCUT2D eigenvalue weighted by atomic mass is 9.94. The normalized spacial score (nSPS) is 25.5. The predicted octanol–water partition coefficient (Wildman–Crippen LogP) is 2.57. The number of guanidine groups is 1. The first-order chi connectivity index (χ1) is 13.6. The van der Waals surface area contributed by atoms with E-state index < -0.39 is 10.8 Å². The van der Waals surface area contributed by atoms with Gasteiger partial charge < -0.3 is 15.2 Å². The summed E-state index contributed by atoms with van der Waals surface area (Å²) in [5, 5.41) is 16.0. The summed E-state index contributed by atoms with van der Waals surface area (Å²) in [6, 6.07) is 0.829. The van der Waals surface area contributed by atoms with E-state index in [0.717, 1.165) is 49.0 Å². The van der Waals surface area contributed by atoms with Crippen LogP contribution in [0.1, 0.15) is 76.4 Å². The van der Waals surface area contributed by atoms with E-state index in [-0.39, 0.29) is 0 Å². The highest BCUT2D eigenvalue weighted by molar-refractivity contribution is 7.85. The van der Waals surface area contributed by atoms with Crippen molar-refractivity contribution in [3.8, 4) is 0 Å². The lowest BCUT2D eigenvalue weighted by Gasteiger charge is -2.32. The monoisotopic (exact) mass is 408 g/mol. The van der Waals surface area contributed by atoms with Crippen molar-refractivity contribution in [2.75, 3.05) is 5.75 Å². The van der Waals surface area contributed by atoms with Crippen molar-refractivity contribution >= 4 is 16.8 Å². The lowest BCUT2D eigenvalue weighted by molar-refractivity contribution is 0.390. The Labute approximate surface area is 171 Å². The van der Waals surface area contributed by atoms with Gasteiger partial charge in [-0.2, -0.15) is 0 Å². The van der Waals surface area contributed by atoms with Crippen molar-refractivity contribution in [2.45, 2.75) is 95.5 Å². The molecule has 0 amide bonds. The number of nitrogens with one attached hydrogen (secondary N) is 2. The van der Waals surface area contributed by atoms with Gasteiger partial charge in [0.25, 0.3) is 0 Å². The third kappa shape index (κ3) is 5.78. The molecule has 1 aromatic rings. The van der Waals surface area contributed by atoms with Crippen LogP contribution in [0.4, 0.5) is 0 Å². The lowest BCUT2D eigenvalue weighted by Crippen LogP contribution is -2.50. The van der Waals surface area contributed by atoms with Gasteiger partial charge in [0.15, 0.2) is 11.8 Å². The molecule has 1 aromatic heterocycles. The third-order valence-electron chi connectivity index (χ3n) is 6.13. The summed E-state index contributed by atoms with van der Waals surface area (Å²) in [6.45, 7) is 4.49. The van der Waals surface area contributed by atoms with E-state index in [0.29, 0.717) is 23.9 Å². The highest BCUT2D eigenvalue weighted by atomic mass is 32.2. The number of hydrogen-bond donors (Lipinski definition) is 2. The number of aryl methyl sites for hydroxylation is 1. The highest BCUT2D eigenvalue weighted by Gasteiger charge is 2.26. The Hall–Kier alpha value is -1.44. The fraction of sp³-hybridized carbons (Fsp3) is 0.850. The zero-order valence-electron chi connectivity index (χ0n) is 17.6. The van der Waals surface area contributed by atoms with Gasteiger partial charge in [0, 0.05) is 40.9 Å². The van der Waals surface area contributed by atoms with Gasteiger partial charge in [0.1, 0.15) is 12.4 Å². The standard InChI is InChI=1S/C20H36N6OS/c1-4-28(27)18-12-8-11-17(13-18)23-20(22-16-9-6-5-7-10-16)21-14-19-25-24-15(2)26(19)3/h16-18H,4-14H2,1-3H3,(H2,21,22,23). The van der Waals surface area contributed by atoms with Crippen LogP contribution in [0.3, 0.4) is 0 Å². The Bertz CT molecular complexity index is 682. The van der Waals surface area contributed by atoms with Crippen LogP contribution < -0.4 is 10.6 Å². The smallest absolute Gasteiger partial charge is 0.192 e. The Morgan fingerprint density at radius 2 is 1.82 bits per heavy atom. The number of hydrogen-bond acceptors (Lipinski definition) is 4. The molecule has 2 saturated carbocycles. The second-order valence-electron chi connectivity index (χ2n) is 8.17. The van der Waals surface area contributed by atoms with Crippen LogP contribution in [0.25, 0.3) is 0 Å². The van der Waals surface area contributed by atoms with Crippen LogP contribution in [0.2, 0.25) is 0 Å². The van der Waals surface area contributed by atoms with Crippen LogP contribution in [0, 0.1) is 6.92 Å². The van der Waals surface area contributed by atoms with Crippen molar-refractivity contribution in [2.24, 2.45) is 12.0 Å². The Kier molecular flexibility index (Phi) is 7.88. The minimum atomic E-state index is -0.711. The molecular weight excluding hydrogens is 372 g/mol. The molecular formula is C20H36N6OS. The van der Waals surface area contributed by atoms with E-state index in [1.807, 2.05) is 25.5 Å². The number of aromatic nitrogens is 3. The molecule has 2 fully saturated rings. The van der Waals surface area contributed by atoms with Gasteiger partial charge in [-0.25, -0.2) is 4.99 Å². The molecule has 0 aliphatic heterocycles. The van der Waals surface area contributed by atoms with Crippen LogP contribution >= 0.6 is 0 Å². The fourth-order valence-electron chi connectivity index (χ4n) is 4.26. The maximum absolute atomic E-state index is 12.3. The average molecular weight is 409 g/mol. The molecule has 0 radical (unpaired) electrons. The number of rotatable bonds is 6. The molecule has 3 unspecified atom stereocenters. The summed E-state index contributed by atoms with van der Waals surface area (Å²) in [4.78, 5) is 4.84. The van der Waals surface area contributed by atoms with Gasteiger partial charge in [-0.05, 0) is 39.0 Å². The summed E-state index contributed by atoms with van der Waals surface area (Å²) in [5.41, 5.74) is 0. The molecule has 2 aliphatic rings. The summed E-state index contributed by atoms with van der Waals surface area (Å²) < 4.78 is 14.3. The third-order valence-corrected chi connectivity index (χ3v) is 7.87. The molecule has 0 aromatic carbocycles. The van der Waals surface area contributed by atoms with E-state index >= 15 is 0 Å². The summed E-state index contributed by atoms with van der Waals surface area (Å²) >= 11 is 0. The fourth-order valence-corrected chi connectivity index (χ4v) is 5.60. The van der Waals surface area contributed by atoms with Gasteiger partial charge in [-0.1, -0.05) is 32.6 Å². The zero-order chi connectivity index (χ0) is 19.9. The van der Waals surface area contributed by atoms with Crippen LogP contribution in [-0.2, 0) is 24.4 Å². The first kappa shape index (κ1) is 21.3. The van der Waals surface area contributed by atoms with Gasteiger partial charge in [-0.15, -0.1) is 10.2 Å². The minimum absolute atomic E-state index is 0.313. The molecule has 2 N–H and O–H groups in total. The second kappa shape index (κ2) is 10.4. The molecule has 3 atom stereocenters. The van der Waals surface area contributed by atoms with Crippen LogP contribution in [0.15, 0.2) is 4.99 Å². The molecule has 0 spiro atoms. The molecule has 7 nitrogen and oxygen atoms in total. The maximum atomic E-state index is 12.3. The molecule has 3 rings (SSSR count). The highest BCUT2D eigenvalue weighted by Crippen LogP contribution is 2.23. The zero-order valence-corrected chi connectivity index (χ0v) is 18.4. The minimum Gasteiger partial charge on any atom is -0.354 e. The second-order valence-corrected chi connectivity index (χ2v) is 10.2. The van der Waals surface area contributed by atoms with Crippen molar-refractivity contribution < 1.29 is 4.21 Å². The topological polar surface area (TPSA) is 84.2 Å². The van der Waals surface area contributed by atoms with E-state index in [1.165, 1.54) is 32.1 Å². The summed E-state index contributed by atoms with van der Waals surface area (Å²) in [6.07, 6.45) is 10.6. The quantitative estimate of drug-likeness (QED) is 0.558. The Balaban J connectivity index is 1.67. The molecule has 0 bridgehead atoms. The van der Waals surface area contributed by atoms with Crippen molar-refractivity contribution in [3.05, 3.63) is 11.6 Å². The van der Waals surface area contributed by atoms with E-state index in [2.05, 4.69) is 20.8 Å². The Morgan fingerprint density at radius 3 is 2.50 bits per heavy atom. The van der Waals surface area contributed by atoms with Crippen molar-refractivity contribution in [1.29, 1.82) is 0 Å². The van der Waals surface area contributed by atoms with Crippen LogP contribution in [0.5, 0.6) is 0 Å². The largest absolute Gasteiger partial charge is 0.354 e. The van der Waals surface area contributed by atoms with Gasteiger partial charge in [0.05, 0.1) is 0 Å². The molecule has 8 heteroatoms. The van der Waals surface area contributed by atoms with Crippen LogP contribution in [-0.4, -0.2) is 48.0 Å². The van der Waals surface area contributed by atoms with Gasteiger partial charge in [-0.3, -0.25) is 4.21 Å². The summed E-state index contributed by atoms with van der Waals surface area (Å²) in [7, 11) is 1.27. The number of aliphatic imine (C=N–C) groups is 1. The van der Waals surface area contributed by atoms with Crippen molar-refractivity contribution in [1.82, 2.24) is 25.4 Å². The molecule has 1 heterocycles. The Morgan fingerprint density at radius 1 is 1.11 bits per heavy atom. The van der Waals surface area contributed by atoms with Gasteiger partial charge >= 0.3 is 0 Å².